The van der Waals surface area contributed by atoms with Crippen molar-refractivity contribution in [2.45, 2.75) is 12.5 Å². The molecule has 0 aliphatic heterocycles. The van der Waals surface area contributed by atoms with Crippen LogP contribution in [-0.2, 0) is 6.42 Å². The monoisotopic (exact) mass is 340 g/mol. The first-order chi connectivity index (χ1) is 12.9. The zero-order valence-electron chi connectivity index (χ0n) is 13.9. The summed E-state index contributed by atoms with van der Waals surface area (Å²) in [6.07, 6.45) is 4.39. The summed E-state index contributed by atoms with van der Waals surface area (Å²) in [6.45, 7) is 0. The van der Waals surface area contributed by atoms with Crippen molar-refractivity contribution >= 4 is 22.1 Å². The van der Waals surface area contributed by atoms with E-state index in [1.54, 1.807) is 6.20 Å². The molecule has 0 aliphatic rings. The molecule has 5 aromatic rings. The smallest absolute Gasteiger partial charge is 0.132 e. The predicted molar refractivity (Wildman–Crippen MR) is 99.7 cm³/mol. The number of nitrogens with zero attached hydrogens (tertiary/aromatic N) is 5. The molecule has 126 valence electrons. The third-order valence-corrected chi connectivity index (χ3v) is 4.55. The van der Waals surface area contributed by atoms with Crippen LogP contribution in [0.4, 0.5) is 0 Å². The van der Waals surface area contributed by atoms with Crippen molar-refractivity contribution in [1.29, 1.82) is 0 Å². The molecule has 1 N–H and O–H groups in total. The highest BCUT2D eigenvalue weighted by Crippen LogP contribution is 2.25. The lowest BCUT2D eigenvalue weighted by atomic mass is 10.1. The number of rotatable bonds is 4. The highest BCUT2D eigenvalue weighted by atomic mass is 15.4. The van der Waals surface area contributed by atoms with Gasteiger partial charge in [-0.1, -0.05) is 35.5 Å². The van der Waals surface area contributed by atoms with Crippen LogP contribution in [0.2, 0.25) is 0 Å². The minimum atomic E-state index is -0.0981. The van der Waals surface area contributed by atoms with Crippen molar-refractivity contribution in [3.63, 3.8) is 0 Å². The zero-order chi connectivity index (χ0) is 17.3. The number of benzene rings is 2. The molecule has 3 aromatic heterocycles. The van der Waals surface area contributed by atoms with Crippen LogP contribution in [0.15, 0.2) is 73.1 Å². The highest BCUT2D eigenvalue weighted by molar-refractivity contribution is 5.76. The highest BCUT2D eigenvalue weighted by Gasteiger charge is 2.22. The summed E-state index contributed by atoms with van der Waals surface area (Å²) in [5.74, 6) is 0.866. The molecule has 0 spiro atoms. The first-order valence-electron chi connectivity index (χ1n) is 8.52. The average Bonchev–Trinajstić information content (AvgIpc) is 3.31. The van der Waals surface area contributed by atoms with E-state index in [-0.39, 0.29) is 6.04 Å². The number of hydrogen-bond donors (Lipinski definition) is 1. The standard InChI is InChI=1S/C20H16N6/c1-2-8-16-15(7-1)22-20(23-16)19(12-14-6-5-11-21-13-14)26-18-10-4-3-9-17(18)24-25-26/h1-11,13,19H,12H2,(H,22,23). The molecule has 1 atom stereocenters. The lowest BCUT2D eigenvalue weighted by molar-refractivity contribution is 0.498. The second kappa shape index (κ2) is 6.07. The molecule has 2 aromatic carbocycles. The topological polar surface area (TPSA) is 72.3 Å². The van der Waals surface area contributed by atoms with Crippen LogP contribution in [0.1, 0.15) is 17.4 Å². The molecule has 0 fully saturated rings. The molecule has 1 unspecified atom stereocenters. The molecule has 5 rings (SSSR count). The molecule has 0 saturated carbocycles. The van der Waals surface area contributed by atoms with Gasteiger partial charge in [-0.15, -0.1) is 5.10 Å². The van der Waals surface area contributed by atoms with Gasteiger partial charge in [0.25, 0.3) is 0 Å². The van der Waals surface area contributed by atoms with Gasteiger partial charge in [0.2, 0.25) is 0 Å². The lowest BCUT2D eigenvalue weighted by Gasteiger charge is -2.15. The summed E-state index contributed by atoms with van der Waals surface area (Å²) >= 11 is 0. The maximum atomic E-state index is 4.81. The van der Waals surface area contributed by atoms with Crippen molar-refractivity contribution in [1.82, 2.24) is 29.9 Å². The summed E-state index contributed by atoms with van der Waals surface area (Å²) < 4.78 is 1.94. The maximum absolute atomic E-state index is 4.81. The lowest BCUT2D eigenvalue weighted by Crippen LogP contribution is -2.17. The number of imidazole rings is 1. The molecule has 6 nitrogen and oxygen atoms in total. The van der Waals surface area contributed by atoms with E-state index in [2.05, 4.69) is 26.3 Å². The second-order valence-corrected chi connectivity index (χ2v) is 6.24. The zero-order valence-corrected chi connectivity index (χ0v) is 13.9. The molecule has 26 heavy (non-hydrogen) atoms. The van der Waals surface area contributed by atoms with E-state index in [0.717, 1.165) is 39.9 Å². The van der Waals surface area contributed by atoms with E-state index < -0.39 is 0 Å². The number of fused-ring (bicyclic) bond motifs is 2. The number of aromatic nitrogens is 6. The summed E-state index contributed by atoms with van der Waals surface area (Å²) in [5.41, 5.74) is 4.95. The Balaban J connectivity index is 1.67. The maximum Gasteiger partial charge on any atom is 0.132 e. The van der Waals surface area contributed by atoms with E-state index in [9.17, 15) is 0 Å². The molecule has 0 radical (unpaired) electrons. The van der Waals surface area contributed by atoms with Crippen molar-refractivity contribution < 1.29 is 0 Å². The molecule has 0 amide bonds. The third kappa shape index (κ3) is 2.52. The van der Waals surface area contributed by atoms with E-state index in [4.69, 9.17) is 4.98 Å². The van der Waals surface area contributed by atoms with Crippen molar-refractivity contribution in [2.75, 3.05) is 0 Å². The Hall–Kier alpha value is -3.54. The molecular formula is C20H16N6. The van der Waals surface area contributed by atoms with Gasteiger partial charge in [-0.2, -0.15) is 0 Å². The Morgan fingerprint density at radius 2 is 1.77 bits per heavy atom. The fourth-order valence-electron chi connectivity index (χ4n) is 3.29. The van der Waals surface area contributed by atoms with Crippen LogP contribution < -0.4 is 0 Å². The van der Waals surface area contributed by atoms with Gasteiger partial charge in [-0.25, -0.2) is 9.67 Å². The molecule has 0 saturated heterocycles. The van der Waals surface area contributed by atoms with Crippen LogP contribution in [0.3, 0.4) is 0 Å². The van der Waals surface area contributed by atoms with Gasteiger partial charge in [0, 0.05) is 18.8 Å². The largest absolute Gasteiger partial charge is 0.340 e. The summed E-state index contributed by atoms with van der Waals surface area (Å²) in [7, 11) is 0. The Kier molecular flexibility index (Phi) is 3.45. The molecular weight excluding hydrogens is 324 g/mol. The van der Waals surface area contributed by atoms with Crippen LogP contribution >= 0.6 is 0 Å². The van der Waals surface area contributed by atoms with Crippen LogP contribution in [0, 0.1) is 0 Å². The van der Waals surface area contributed by atoms with Gasteiger partial charge >= 0.3 is 0 Å². The minimum Gasteiger partial charge on any atom is -0.340 e. The molecule has 0 bridgehead atoms. The van der Waals surface area contributed by atoms with Crippen LogP contribution in [-0.4, -0.2) is 29.9 Å². The van der Waals surface area contributed by atoms with E-state index >= 15 is 0 Å². The Morgan fingerprint density at radius 3 is 2.62 bits per heavy atom. The molecule has 6 heteroatoms. The number of hydrogen-bond acceptors (Lipinski definition) is 4. The average molecular weight is 340 g/mol. The van der Waals surface area contributed by atoms with Crippen LogP contribution in [0.5, 0.6) is 0 Å². The van der Waals surface area contributed by atoms with Gasteiger partial charge in [0.1, 0.15) is 17.4 Å². The SMILES string of the molecule is c1cncc(CC(c2nc3ccccc3[nH]2)n2nnc3ccccc32)c1. The third-order valence-electron chi connectivity index (χ3n) is 4.55. The van der Waals surface area contributed by atoms with Crippen LogP contribution in [0.25, 0.3) is 22.1 Å². The molecule has 0 aliphatic carbocycles. The van der Waals surface area contributed by atoms with E-state index in [1.807, 2.05) is 65.5 Å². The van der Waals surface area contributed by atoms with Crippen molar-refractivity contribution in [3.05, 3.63) is 84.4 Å². The molecule has 3 heterocycles. The Morgan fingerprint density at radius 1 is 0.923 bits per heavy atom. The number of pyridine rings is 1. The minimum absolute atomic E-state index is 0.0981. The first-order valence-corrected chi connectivity index (χ1v) is 8.52. The number of H-pyrrole nitrogens is 1. The number of nitrogens with one attached hydrogen (secondary N) is 1. The van der Waals surface area contributed by atoms with Crippen molar-refractivity contribution in [3.8, 4) is 0 Å². The fraction of sp³-hybridized carbons (Fsp3) is 0.100. The number of aromatic amines is 1. The Labute approximate surface area is 149 Å². The van der Waals surface area contributed by atoms with Gasteiger partial charge in [0.05, 0.1) is 16.6 Å². The summed E-state index contributed by atoms with van der Waals surface area (Å²) in [4.78, 5) is 12.5. The normalized spacial score (nSPS) is 12.6. The fourth-order valence-corrected chi connectivity index (χ4v) is 3.29. The quantitative estimate of drug-likeness (QED) is 0.543. The van der Waals surface area contributed by atoms with Crippen molar-refractivity contribution in [2.24, 2.45) is 0 Å². The summed E-state index contributed by atoms with van der Waals surface area (Å²) in [5, 5.41) is 8.74. The Bertz CT molecular complexity index is 1140. The number of para-hydroxylation sites is 3. The first kappa shape index (κ1) is 14.8. The van der Waals surface area contributed by atoms with E-state index in [0.29, 0.717) is 0 Å². The van der Waals surface area contributed by atoms with Gasteiger partial charge < -0.3 is 4.98 Å². The summed E-state index contributed by atoms with van der Waals surface area (Å²) in [6, 6.07) is 19.9. The predicted octanol–water partition coefficient (Wildman–Crippen LogP) is 3.53. The van der Waals surface area contributed by atoms with E-state index in [1.165, 1.54) is 0 Å². The second-order valence-electron chi connectivity index (χ2n) is 6.24. The van der Waals surface area contributed by atoms with Gasteiger partial charge in [0.15, 0.2) is 0 Å². The van der Waals surface area contributed by atoms with Gasteiger partial charge in [-0.3, -0.25) is 4.98 Å². The van der Waals surface area contributed by atoms with Gasteiger partial charge in [-0.05, 0) is 35.9 Å².